The van der Waals surface area contributed by atoms with Crippen molar-refractivity contribution in [1.82, 2.24) is 0 Å². The fourth-order valence-electron chi connectivity index (χ4n) is 1.16. The lowest BCUT2D eigenvalue weighted by molar-refractivity contribution is -0.119. The van der Waals surface area contributed by atoms with Gasteiger partial charge < -0.3 is 5.32 Å². The second kappa shape index (κ2) is 4.91. The fraction of sp³-hybridized carbons (Fsp3) is 0.417. The van der Waals surface area contributed by atoms with E-state index in [-0.39, 0.29) is 23.3 Å². The zero-order chi connectivity index (χ0) is 11.4. The van der Waals surface area contributed by atoms with Crippen molar-refractivity contribution in [1.29, 1.82) is 0 Å². The number of anilines is 1. The molecule has 0 aliphatic heterocycles. The predicted molar refractivity (Wildman–Crippen MR) is 59.2 cm³/mol. The molecule has 0 bridgehead atoms. The third kappa shape index (κ3) is 3.05. The van der Waals surface area contributed by atoms with Gasteiger partial charge in [-0.05, 0) is 31.0 Å². The van der Waals surface area contributed by atoms with E-state index in [1.54, 1.807) is 12.1 Å². The van der Waals surface area contributed by atoms with E-state index in [0.29, 0.717) is 0 Å². The highest BCUT2D eigenvalue weighted by molar-refractivity contribution is 5.92. The van der Waals surface area contributed by atoms with E-state index >= 15 is 0 Å². The van der Waals surface area contributed by atoms with Crippen LogP contribution in [0.5, 0.6) is 0 Å². The van der Waals surface area contributed by atoms with Crippen LogP contribution in [0.2, 0.25) is 0 Å². The number of benzene rings is 1. The molecule has 0 saturated carbocycles. The number of halogens is 1. The summed E-state index contributed by atoms with van der Waals surface area (Å²) < 4.78 is 13.4. The Morgan fingerprint density at radius 2 is 2.20 bits per heavy atom. The van der Waals surface area contributed by atoms with Crippen LogP contribution in [-0.4, -0.2) is 5.91 Å². The molecule has 82 valence electrons. The first kappa shape index (κ1) is 11.7. The highest BCUT2D eigenvalue weighted by Gasteiger charge is 2.12. The molecule has 0 aliphatic carbocycles. The lowest BCUT2D eigenvalue weighted by Gasteiger charge is -2.10. The van der Waals surface area contributed by atoms with Crippen LogP contribution in [0.3, 0.4) is 0 Å². The SMILES string of the molecule is CCC(C)C(=O)Nc1ccc(C)cc1F. The molecule has 1 amide bonds. The van der Waals surface area contributed by atoms with Crippen molar-refractivity contribution >= 4 is 11.6 Å². The Morgan fingerprint density at radius 1 is 1.53 bits per heavy atom. The molecule has 2 nitrogen and oxygen atoms in total. The Bertz CT molecular complexity index is 363. The highest BCUT2D eigenvalue weighted by Crippen LogP contribution is 2.16. The van der Waals surface area contributed by atoms with Crippen LogP contribution >= 0.6 is 0 Å². The molecule has 0 heterocycles. The van der Waals surface area contributed by atoms with E-state index in [1.807, 2.05) is 20.8 Å². The van der Waals surface area contributed by atoms with Gasteiger partial charge in [-0.2, -0.15) is 0 Å². The van der Waals surface area contributed by atoms with Gasteiger partial charge in [-0.25, -0.2) is 4.39 Å². The maximum Gasteiger partial charge on any atom is 0.227 e. The summed E-state index contributed by atoms with van der Waals surface area (Å²) in [7, 11) is 0. The van der Waals surface area contributed by atoms with Gasteiger partial charge in [-0.3, -0.25) is 4.79 Å². The summed E-state index contributed by atoms with van der Waals surface area (Å²) in [6.45, 7) is 5.56. The normalized spacial score (nSPS) is 12.3. The molecule has 1 atom stereocenters. The minimum atomic E-state index is -0.383. The Kier molecular flexibility index (Phi) is 3.83. The second-order valence-electron chi connectivity index (χ2n) is 3.78. The molecule has 3 heteroatoms. The van der Waals surface area contributed by atoms with Crippen molar-refractivity contribution in [2.24, 2.45) is 5.92 Å². The van der Waals surface area contributed by atoms with Gasteiger partial charge in [0.25, 0.3) is 0 Å². The van der Waals surface area contributed by atoms with Crippen molar-refractivity contribution in [3.05, 3.63) is 29.6 Å². The number of hydrogen-bond donors (Lipinski definition) is 1. The van der Waals surface area contributed by atoms with E-state index in [9.17, 15) is 9.18 Å². The van der Waals surface area contributed by atoms with Crippen LogP contribution in [0.25, 0.3) is 0 Å². The molecule has 0 aliphatic rings. The smallest absolute Gasteiger partial charge is 0.227 e. The minimum Gasteiger partial charge on any atom is -0.323 e. The summed E-state index contributed by atoms with van der Waals surface area (Å²) in [5.41, 5.74) is 1.10. The molecule has 1 aromatic rings. The molecule has 1 N–H and O–H groups in total. The highest BCUT2D eigenvalue weighted by atomic mass is 19.1. The molecular weight excluding hydrogens is 193 g/mol. The molecule has 15 heavy (non-hydrogen) atoms. The molecule has 1 aromatic carbocycles. The summed E-state index contributed by atoms with van der Waals surface area (Å²) in [4.78, 5) is 11.5. The monoisotopic (exact) mass is 209 g/mol. The average Bonchev–Trinajstić information content (AvgIpc) is 2.20. The summed E-state index contributed by atoms with van der Waals surface area (Å²) >= 11 is 0. The maximum absolute atomic E-state index is 13.4. The summed E-state index contributed by atoms with van der Waals surface area (Å²) in [6, 6.07) is 4.77. The number of carbonyl (C=O) groups is 1. The average molecular weight is 209 g/mol. The van der Waals surface area contributed by atoms with Crippen LogP contribution in [0.15, 0.2) is 18.2 Å². The van der Waals surface area contributed by atoms with Gasteiger partial charge in [0.15, 0.2) is 0 Å². The van der Waals surface area contributed by atoms with Crippen molar-refractivity contribution < 1.29 is 9.18 Å². The van der Waals surface area contributed by atoms with E-state index in [2.05, 4.69) is 5.32 Å². The molecule has 1 rings (SSSR count). The molecule has 0 spiro atoms. The molecule has 0 aromatic heterocycles. The third-order valence-electron chi connectivity index (χ3n) is 2.44. The van der Waals surface area contributed by atoms with E-state index in [1.165, 1.54) is 6.07 Å². The van der Waals surface area contributed by atoms with E-state index in [0.717, 1.165) is 12.0 Å². The first-order valence-corrected chi connectivity index (χ1v) is 5.11. The van der Waals surface area contributed by atoms with Gasteiger partial charge in [-0.1, -0.05) is 19.9 Å². The number of amides is 1. The predicted octanol–water partition coefficient (Wildman–Crippen LogP) is 3.12. The Morgan fingerprint density at radius 3 is 2.73 bits per heavy atom. The van der Waals surface area contributed by atoms with Crippen LogP contribution in [-0.2, 0) is 4.79 Å². The Labute approximate surface area is 89.5 Å². The van der Waals surface area contributed by atoms with Gasteiger partial charge in [-0.15, -0.1) is 0 Å². The van der Waals surface area contributed by atoms with Gasteiger partial charge in [0, 0.05) is 5.92 Å². The van der Waals surface area contributed by atoms with Crippen molar-refractivity contribution in [3.8, 4) is 0 Å². The lowest BCUT2D eigenvalue weighted by Crippen LogP contribution is -2.20. The summed E-state index contributed by atoms with van der Waals surface area (Å²) in [5.74, 6) is -0.613. The number of nitrogens with one attached hydrogen (secondary N) is 1. The number of rotatable bonds is 3. The number of carbonyl (C=O) groups excluding carboxylic acids is 1. The quantitative estimate of drug-likeness (QED) is 0.814. The molecule has 1 unspecified atom stereocenters. The van der Waals surface area contributed by atoms with Crippen molar-refractivity contribution in [3.63, 3.8) is 0 Å². The van der Waals surface area contributed by atoms with Crippen LogP contribution < -0.4 is 5.32 Å². The first-order valence-electron chi connectivity index (χ1n) is 5.11. The van der Waals surface area contributed by atoms with Crippen LogP contribution in [0, 0.1) is 18.7 Å². The standard InChI is InChI=1S/C12H16FNO/c1-4-9(3)12(15)14-11-6-5-8(2)7-10(11)13/h5-7,9H,4H2,1-3H3,(H,14,15). The van der Waals surface area contributed by atoms with Gasteiger partial charge in [0.05, 0.1) is 5.69 Å². The lowest BCUT2D eigenvalue weighted by atomic mass is 10.1. The zero-order valence-electron chi connectivity index (χ0n) is 9.30. The van der Waals surface area contributed by atoms with Gasteiger partial charge >= 0.3 is 0 Å². The maximum atomic E-state index is 13.4. The van der Waals surface area contributed by atoms with Crippen LogP contribution in [0.1, 0.15) is 25.8 Å². The first-order chi connectivity index (χ1) is 7.04. The molecule has 0 fully saturated rings. The number of aryl methyl sites for hydroxylation is 1. The largest absolute Gasteiger partial charge is 0.323 e. The summed E-state index contributed by atoms with van der Waals surface area (Å²) in [6.07, 6.45) is 0.749. The van der Waals surface area contributed by atoms with E-state index in [4.69, 9.17) is 0 Å². The van der Waals surface area contributed by atoms with Gasteiger partial charge in [0.1, 0.15) is 5.82 Å². The molecular formula is C12H16FNO. The van der Waals surface area contributed by atoms with Crippen molar-refractivity contribution in [2.45, 2.75) is 27.2 Å². The summed E-state index contributed by atoms with van der Waals surface area (Å²) in [5, 5.41) is 2.57. The number of hydrogen-bond acceptors (Lipinski definition) is 1. The third-order valence-corrected chi connectivity index (χ3v) is 2.44. The van der Waals surface area contributed by atoms with Crippen LogP contribution in [0.4, 0.5) is 10.1 Å². The van der Waals surface area contributed by atoms with Crippen molar-refractivity contribution in [2.75, 3.05) is 5.32 Å². The molecule has 0 radical (unpaired) electrons. The second-order valence-corrected chi connectivity index (χ2v) is 3.78. The zero-order valence-corrected chi connectivity index (χ0v) is 9.30. The topological polar surface area (TPSA) is 29.1 Å². The Balaban J connectivity index is 2.77. The minimum absolute atomic E-state index is 0.0919. The van der Waals surface area contributed by atoms with E-state index < -0.39 is 0 Å². The Hall–Kier alpha value is -1.38. The molecule has 0 saturated heterocycles. The fourth-order valence-corrected chi connectivity index (χ4v) is 1.16. The van der Waals surface area contributed by atoms with Gasteiger partial charge in [0.2, 0.25) is 5.91 Å².